The molecular weight excluding hydrogens is 411 g/mol. The van der Waals surface area contributed by atoms with Crippen molar-refractivity contribution in [1.82, 2.24) is 19.7 Å². The number of amides is 1. The van der Waals surface area contributed by atoms with Gasteiger partial charge in [-0.15, -0.1) is 0 Å². The molecule has 1 aliphatic rings. The average molecular weight is 431 g/mol. The Morgan fingerprint density at radius 1 is 1.27 bits per heavy atom. The molecule has 156 valence electrons. The number of rotatable bonds is 6. The number of anilines is 2. The minimum absolute atomic E-state index is 0.0104. The fraction of sp³-hybridized carbons (Fsp3) is 0.300. The molecule has 0 spiro atoms. The minimum Gasteiger partial charge on any atom is -0.447 e. The summed E-state index contributed by atoms with van der Waals surface area (Å²) < 4.78 is 20.6. The van der Waals surface area contributed by atoms with Crippen LogP contribution < -0.4 is 10.2 Å². The fourth-order valence-corrected chi connectivity index (χ4v) is 3.29. The van der Waals surface area contributed by atoms with Crippen molar-refractivity contribution in [2.75, 3.05) is 16.8 Å². The summed E-state index contributed by atoms with van der Waals surface area (Å²) in [6.45, 7) is 3.32. The Balaban J connectivity index is 1.50. The van der Waals surface area contributed by atoms with Crippen molar-refractivity contribution >= 4 is 29.5 Å². The molecule has 2 aromatic heterocycles. The first-order chi connectivity index (χ1) is 14.4. The molecule has 8 nitrogen and oxygen atoms in total. The summed E-state index contributed by atoms with van der Waals surface area (Å²) in [4.78, 5) is 21.8. The average Bonchev–Trinajstić information content (AvgIpc) is 3.36. The first-order valence-corrected chi connectivity index (χ1v) is 9.80. The summed E-state index contributed by atoms with van der Waals surface area (Å²) >= 11 is 5.93. The number of hydrogen-bond acceptors (Lipinski definition) is 6. The predicted molar refractivity (Wildman–Crippen MR) is 111 cm³/mol. The van der Waals surface area contributed by atoms with Gasteiger partial charge < -0.3 is 10.1 Å². The maximum absolute atomic E-state index is 13.9. The molecule has 0 aliphatic carbocycles. The van der Waals surface area contributed by atoms with Crippen molar-refractivity contribution in [1.29, 1.82) is 0 Å². The van der Waals surface area contributed by atoms with Crippen molar-refractivity contribution in [2.24, 2.45) is 0 Å². The number of benzene rings is 1. The van der Waals surface area contributed by atoms with Crippen LogP contribution in [0.25, 0.3) is 5.69 Å². The van der Waals surface area contributed by atoms with E-state index in [-0.39, 0.29) is 18.5 Å². The normalized spacial score (nSPS) is 18.2. The number of cyclic esters (lactones) is 1. The molecule has 0 saturated carbocycles. The lowest BCUT2D eigenvalue weighted by molar-refractivity contribution is 0.174. The maximum atomic E-state index is 13.9. The van der Waals surface area contributed by atoms with Gasteiger partial charge in [0.05, 0.1) is 17.9 Å². The third kappa shape index (κ3) is 4.06. The number of nitrogens with zero attached hydrogens (tertiary/aromatic N) is 5. The lowest BCUT2D eigenvalue weighted by atomic mass is 10.2. The highest BCUT2D eigenvalue weighted by molar-refractivity contribution is 6.30. The second kappa shape index (κ2) is 8.27. The van der Waals surface area contributed by atoms with Gasteiger partial charge in [-0.3, -0.25) is 4.90 Å². The molecule has 1 N–H and O–H groups in total. The third-order valence-electron chi connectivity index (χ3n) is 4.86. The number of hydrogen-bond donors (Lipinski definition) is 1. The Morgan fingerprint density at radius 2 is 2.03 bits per heavy atom. The zero-order chi connectivity index (χ0) is 21.3. The summed E-state index contributed by atoms with van der Waals surface area (Å²) in [5.74, 6) is 0.595. The Kier molecular flexibility index (Phi) is 5.54. The molecule has 4 rings (SSSR count). The standard InChI is InChI=1S/C20H20ClFN6O2/c1-12(22)17-11-30-20(29)28(17)18-7-8-23-19(26-18)25-13(2)14-9-24-27(10-14)16-5-3-15(21)4-6-16/h3-10,12-13,17H,11H2,1-2H3,(H,23,25,26)/t12-,13+,17-/m1/s1. The largest absolute Gasteiger partial charge is 0.447 e. The van der Waals surface area contributed by atoms with E-state index < -0.39 is 18.3 Å². The highest BCUT2D eigenvalue weighted by Crippen LogP contribution is 2.26. The van der Waals surface area contributed by atoms with Crippen molar-refractivity contribution in [3.05, 3.63) is 59.5 Å². The molecule has 0 radical (unpaired) electrons. The number of nitrogens with one attached hydrogen (secondary N) is 1. The zero-order valence-electron chi connectivity index (χ0n) is 16.4. The van der Waals surface area contributed by atoms with Crippen LogP contribution in [0.15, 0.2) is 48.9 Å². The number of aromatic nitrogens is 4. The first kappa shape index (κ1) is 20.1. The van der Waals surface area contributed by atoms with Gasteiger partial charge in [0.25, 0.3) is 0 Å². The fourth-order valence-electron chi connectivity index (χ4n) is 3.16. The molecule has 30 heavy (non-hydrogen) atoms. The summed E-state index contributed by atoms with van der Waals surface area (Å²) in [6.07, 6.45) is 3.28. The lowest BCUT2D eigenvalue weighted by Gasteiger charge is -2.22. The van der Waals surface area contributed by atoms with Crippen LogP contribution in [-0.2, 0) is 4.74 Å². The Labute approximate surface area is 177 Å². The van der Waals surface area contributed by atoms with Gasteiger partial charge in [0.2, 0.25) is 5.95 Å². The Morgan fingerprint density at radius 3 is 2.77 bits per heavy atom. The highest BCUT2D eigenvalue weighted by Gasteiger charge is 2.39. The number of carbonyl (C=O) groups excluding carboxylic acids is 1. The van der Waals surface area contributed by atoms with Gasteiger partial charge in [0.1, 0.15) is 24.6 Å². The molecule has 10 heteroatoms. The van der Waals surface area contributed by atoms with Gasteiger partial charge in [-0.2, -0.15) is 10.1 Å². The lowest BCUT2D eigenvalue weighted by Crippen LogP contribution is -2.39. The second-order valence-electron chi connectivity index (χ2n) is 6.99. The van der Waals surface area contributed by atoms with E-state index >= 15 is 0 Å². The summed E-state index contributed by atoms with van der Waals surface area (Å²) in [6, 6.07) is 8.03. The topological polar surface area (TPSA) is 85.2 Å². The molecule has 1 fully saturated rings. The van der Waals surface area contributed by atoms with Gasteiger partial charge in [-0.1, -0.05) is 11.6 Å². The summed E-state index contributed by atoms with van der Waals surface area (Å²) in [5, 5.41) is 8.22. The number of alkyl halides is 1. The van der Waals surface area contributed by atoms with E-state index in [2.05, 4.69) is 20.4 Å². The van der Waals surface area contributed by atoms with E-state index in [0.29, 0.717) is 11.0 Å². The van der Waals surface area contributed by atoms with E-state index in [1.807, 2.05) is 25.3 Å². The van der Waals surface area contributed by atoms with Crippen LogP contribution in [0.4, 0.5) is 21.0 Å². The third-order valence-corrected chi connectivity index (χ3v) is 5.12. The number of ether oxygens (including phenoxy) is 1. The Hall–Kier alpha value is -3.20. The number of halogens is 2. The molecule has 1 aromatic carbocycles. The molecule has 3 heterocycles. The first-order valence-electron chi connectivity index (χ1n) is 9.42. The van der Waals surface area contributed by atoms with Crippen LogP contribution in [0.3, 0.4) is 0 Å². The van der Waals surface area contributed by atoms with E-state index in [1.54, 1.807) is 29.1 Å². The maximum Gasteiger partial charge on any atom is 0.416 e. The van der Waals surface area contributed by atoms with Crippen LogP contribution in [-0.4, -0.2) is 44.7 Å². The number of carbonyl (C=O) groups is 1. The van der Waals surface area contributed by atoms with E-state index in [4.69, 9.17) is 16.3 Å². The van der Waals surface area contributed by atoms with Crippen molar-refractivity contribution < 1.29 is 13.9 Å². The van der Waals surface area contributed by atoms with Gasteiger partial charge >= 0.3 is 6.09 Å². The molecule has 1 aliphatic heterocycles. The SMILES string of the molecule is C[C@H](Nc1nccc(N2C(=O)OC[C@@H]2[C@@H](C)F)n1)c1cnn(-c2ccc(Cl)cc2)c1. The van der Waals surface area contributed by atoms with Gasteiger partial charge in [0, 0.05) is 23.0 Å². The van der Waals surface area contributed by atoms with Crippen LogP contribution >= 0.6 is 11.6 Å². The van der Waals surface area contributed by atoms with E-state index in [9.17, 15) is 9.18 Å². The minimum atomic E-state index is -1.25. The molecule has 0 unspecified atom stereocenters. The monoisotopic (exact) mass is 430 g/mol. The predicted octanol–water partition coefficient (Wildman–Crippen LogP) is 4.17. The Bertz CT molecular complexity index is 1040. The van der Waals surface area contributed by atoms with Gasteiger partial charge in [-0.05, 0) is 44.2 Å². The van der Waals surface area contributed by atoms with Crippen LogP contribution in [0, 0.1) is 0 Å². The van der Waals surface area contributed by atoms with Crippen LogP contribution in [0.2, 0.25) is 5.02 Å². The van der Waals surface area contributed by atoms with Crippen molar-refractivity contribution in [2.45, 2.75) is 32.1 Å². The molecule has 0 bridgehead atoms. The molecule has 3 atom stereocenters. The zero-order valence-corrected chi connectivity index (χ0v) is 17.1. The van der Waals surface area contributed by atoms with E-state index in [1.165, 1.54) is 18.0 Å². The molecule has 1 amide bonds. The van der Waals surface area contributed by atoms with Crippen LogP contribution in [0.1, 0.15) is 25.5 Å². The molecular formula is C20H20ClFN6O2. The van der Waals surface area contributed by atoms with Crippen molar-refractivity contribution in [3.8, 4) is 5.69 Å². The molecule has 3 aromatic rings. The van der Waals surface area contributed by atoms with E-state index in [0.717, 1.165) is 11.3 Å². The van der Waals surface area contributed by atoms with Gasteiger partial charge in [-0.25, -0.2) is 18.9 Å². The smallest absolute Gasteiger partial charge is 0.416 e. The quantitative estimate of drug-likeness (QED) is 0.631. The van der Waals surface area contributed by atoms with Crippen molar-refractivity contribution in [3.63, 3.8) is 0 Å². The highest BCUT2D eigenvalue weighted by atomic mass is 35.5. The van der Waals surface area contributed by atoms with Gasteiger partial charge in [0.15, 0.2) is 0 Å². The van der Waals surface area contributed by atoms with Crippen LogP contribution in [0.5, 0.6) is 0 Å². The molecule has 1 saturated heterocycles. The second-order valence-corrected chi connectivity index (χ2v) is 7.43. The summed E-state index contributed by atoms with van der Waals surface area (Å²) in [7, 11) is 0. The summed E-state index contributed by atoms with van der Waals surface area (Å²) in [5.41, 5.74) is 1.80.